The van der Waals surface area contributed by atoms with E-state index >= 15 is 0 Å². The quantitative estimate of drug-likeness (QED) is 0.571. The van der Waals surface area contributed by atoms with Gasteiger partial charge in [-0.05, 0) is 37.6 Å². The van der Waals surface area contributed by atoms with Gasteiger partial charge in [0.25, 0.3) is 5.91 Å². The lowest BCUT2D eigenvalue weighted by Crippen LogP contribution is -2.11. The predicted molar refractivity (Wildman–Crippen MR) is 104 cm³/mol. The van der Waals surface area contributed by atoms with Crippen molar-refractivity contribution in [3.63, 3.8) is 0 Å². The molecule has 1 aromatic carbocycles. The number of halogens is 1. The molecule has 7 nitrogen and oxygen atoms in total. The fourth-order valence-electron chi connectivity index (χ4n) is 3.11. The van der Waals surface area contributed by atoms with Gasteiger partial charge in [0.1, 0.15) is 5.69 Å². The Morgan fingerprint density at radius 2 is 1.78 bits per heavy atom. The first-order valence-corrected chi connectivity index (χ1v) is 8.81. The van der Waals surface area contributed by atoms with Crippen molar-refractivity contribution in [3.05, 3.63) is 50.2 Å². The maximum Gasteiger partial charge on any atom is 0.355 e. The largest absolute Gasteiger partial charge is 0.465 e. The molecular weight excluding hydrogens is 416 g/mol. The van der Waals surface area contributed by atoms with Crippen LogP contribution in [0.5, 0.6) is 0 Å². The van der Waals surface area contributed by atoms with Crippen LogP contribution in [-0.2, 0) is 14.3 Å². The third-order valence-electron chi connectivity index (χ3n) is 4.46. The van der Waals surface area contributed by atoms with Crippen molar-refractivity contribution in [2.75, 3.05) is 19.5 Å². The number of hydrogen-bond donors (Lipinski definition) is 2. The average Bonchev–Trinajstić information content (AvgIpc) is 3.15. The summed E-state index contributed by atoms with van der Waals surface area (Å²) < 4.78 is 10.4. The number of aryl methyl sites for hydroxylation is 1. The molecule has 8 heteroatoms. The molecule has 0 fully saturated rings. The van der Waals surface area contributed by atoms with Crippen LogP contribution in [0.3, 0.4) is 0 Å². The highest BCUT2D eigenvalue weighted by atomic mass is 79.9. The minimum atomic E-state index is -0.698. The number of methoxy groups -OCH3 is 2. The molecule has 2 aromatic rings. The zero-order valence-corrected chi connectivity index (χ0v) is 16.7. The van der Waals surface area contributed by atoms with Gasteiger partial charge in [-0.2, -0.15) is 0 Å². The first-order chi connectivity index (χ1) is 12.8. The standard InChI is InChI=1S/C19H17BrN2O5/c1-8-12(20)5-6-13-14(8)11(17(23)22-13)7-10-9(2)21-16(19(25)27-4)15(10)18(24)26-3/h5-7,21H,1-4H3,(H,22,23). The van der Waals surface area contributed by atoms with Crippen LogP contribution in [0.25, 0.3) is 11.6 Å². The van der Waals surface area contributed by atoms with Gasteiger partial charge in [0, 0.05) is 32.6 Å². The Balaban J connectivity index is 2.27. The molecule has 0 aliphatic carbocycles. The highest BCUT2D eigenvalue weighted by Gasteiger charge is 2.30. The number of ether oxygens (including phenoxy) is 2. The molecule has 2 N–H and O–H groups in total. The van der Waals surface area contributed by atoms with Crippen LogP contribution in [0, 0.1) is 13.8 Å². The van der Waals surface area contributed by atoms with E-state index in [0.717, 1.165) is 15.6 Å². The summed E-state index contributed by atoms with van der Waals surface area (Å²) in [6.07, 6.45) is 1.59. The van der Waals surface area contributed by atoms with Gasteiger partial charge in [-0.15, -0.1) is 0 Å². The Labute approximate surface area is 163 Å². The van der Waals surface area contributed by atoms with Gasteiger partial charge in [-0.3, -0.25) is 4.79 Å². The number of hydrogen-bond acceptors (Lipinski definition) is 5. The summed E-state index contributed by atoms with van der Waals surface area (Å²) in [5, 5.41) is 2.81. The maximum absolute atomic E-state index is 12.5. The van der Waals surface area contributed by atoms with E-state index in [1.165, 1.54) is 14.2 Å². The van der Waals surface area contributed by atoms with E-state index in [1.54, 1.807) is 19.1 Å². The molecular formula is C19H17BrN2O5. The molecule has 0 unspecified atom stereocenters. The maximum atomic E-state index is 12.5. The zero-order chi connectivity index (χ0) is 19.9. The van der Waals surface area contributed by atoms with Crippen LogP contribution in [0.4, 0.5) is 5.69 Å². The topological polar surface area (TPSA) is 97.5 Å². The number of amides is 1. The highest BCUT2D eigenvalue weighted by Crippen LogP contribution is 2.39. The molecule has 3 rings (SSSR count). The Bertz CT molecular complexity index is 1020. The van der Waals surface area contributed by atoms with Crippen LogP contribution < -0.4 is 5.32 Å². The molecule has 1 aliphatic rings. The minimum Gasteiger partial charge on any atom is -0.465 e. The minimum absolute atomic E-state index is 0.0155. The molecule has 0 atom stereocenters. The molecule has 1 amide bonds. The first-order valence-electron chi connectivity index (χ1n) is 8.01. The Morgan fingerprint density at radius 1 is 1.11 bits per heavy atom. The van der Waals surface area contributed by atoms with Gasteiger partial charge in [-0.25, -0.2) is 9.59 Å². The Kier molecular flexibility index (Phi) is 4.93. The monoisotopic (exact) mass is 432 g/mol. The normalized spacial score (nSPS) is 14.1. The number of fused-ring (bicyclic) bond motifs is 1. The number of esters is 2. The second kappa shape index (κ2) is 7.03. The van der Waals surface area contributed by atoms with Crippen molar-refractivity contribution in [3.8, 4) is 0 Å². The SMILES string of the molecule is COC(=O)c1[nH]c(C)c(C=C2C(=O)Nc3ccc(Br)c(C)c32)c1C(=O)OC. The molecule has 0 spiro atoms. The summed E-state index contributed by atoms with van der Waals surface area (Å²) in [5.74, 6) is -1.68. The lowest BCUT2D eigenvalue weighted by Gasteiger charge is -2.07. The van der Waals surface area contributed by atoms with Crippen LogP contribution in [0.1, 0.15) is 43.2 Å². The van der Waals surface area contributed by atoms with Gasteiger partial charge in [0.05, 0.1) is 19.8 Å². The number of carbonyl (C=O) groups is 3. The van der Waals surface area contributed by atoms with E-state index < -0.39 is 11.9 Å². The van der Waals surface area contributed by atoms with Crippen molar-refractivity contribution in [2.24, 2.45) is 0 Å². The summed E-state index contributed by atoms with van der Waals surface area (Å²) >= 11 is 3.47. The number of carbonyl (C=O) groups excluding carboxylic acids is 3. The van der Waals surface area contributed by atoms with Crippen molar-refractivity contribution in [1.29, 1.82) is 0 Å². The third-order valence-corrected chi connectivity index (χ3v) is 5.32. The van der Waals surface area contributed by atoms with Crippen LogP contribution in [-0.4, -0.2) is 37.0 Å². The summed E-state index contributed by atoms with van der Waals surface area (Å²) in [6.45, 7) is 3.59. The summed E-state index contributed by atoms with van der Waals surface area (Å²) in [4.78, 5) is 39.8. The average molecular weight is 433 g/mol. The molecule has 2 heterocycles. The number of aromatic nitrogens is 1. The fraction of sp³-hybridized carbons (Fsp3) is 0.211. The summed E-state index contributed by atoms with van der Waals surface area (Å²) in [6, 6.07) is 3.66. The van der Waals surface area contributed by atoms with Crippen LogP contribution in [0.15, 0.2) is 16.6 Å². The van der Waals surface area contributed by atoms with Crippen molar-refractivity contribution < 1.29 is 23.9 Å². The van der Waals surface area contributed by atoms with E-state index in [1.807, 2.05) is 13.0 Å². The van der Waals surface area contributed by atoms with Gasteiger partial charge < -0.3 is 19.8 Å². The molecule has 0 radical (unpaired) electrons. The van der Waals surface area contributed by atoms with Gasteiger partial charge >= 0.3 is 11.9 Å². The van der Waals surface area contributed by atoms with Crippen LogP contribution >= 0.6 is 15.9 Å². The number of rotatable bonds is 3. The number of nitrogens with one attached hydrogen (secondary N) is 2. The molecule has 0 saturated carbocycles. The second-order valence-electron chi connectivity index (χ2n) is 6.00. The first kappa shape index (κ1) is 18.9. The van der Waals surface area contributed by atoms with Gasteiger partial charge in [0.15, 0.2) is 0 Å². The lowest BCUT2D eigenvalue weighted by atomic mass is 9.98. The predicted octanol–water partition coefficient (Wildman–Crippen LogP) is 3.46. The smallest absolute Gasteiger partial charge is 0.355 e. The van der Waals surface area contributed by atoms with E-state index in [9.17, 15) is 14.4 Å². The fourth-order valence-corrected chi connectivity index (χ4v) is 3.44. The highest BCUT2D eigenvalue weighted by molar-refractivity contribution is 9.10. The molecule has 0 saturated heterocycles. The van der Waals surface area contributed by atoms with E-state index in [-0.39, 0.29) is 17.2 Å². The number of anilines is 1. The second-order valence-corrected chi connectivity index (χ2v) is 6.86. The molecule has 1 aliphatic heterocycles. The van der Waals surface area contributed by atoms with Crippen molar-refractivity contribution in [1.82, 2.24) is 4.98 Å². The van der Waals surface area contributed by atoms with E-state index in [0.29, 0.717) is 22.5 Å². The zero-order valence-electron chi connectivity index (χ0n) is 15.2. The van der Waals surface area contributed by atoms with Gasteiger partial charge in [-0.1, -0.05) is 15.9 Å². The summed E-state index contributed by atoms with van der Waals surface area (Å²) in [5.41, 5.74) is 3.67. The van der Waals surface area contributed by atoms with Crippen molar-refractivity contribution >= 4 is 51.1 Å². The van der Waals surface area contributed by atoms with Gasteiger partial charge in [0.2, 0.25) is 0 Å². The Morgan fingerprint density at radius 3 is 2.41 bits per heavy atom. The number of aromatic amines is 1. The van der Waals surface area contributed by atoms with E-state index in [2.05, 4.69) is 26.2 Å². The summed E-state index contributed by atoms with van der Waals surface area (Å²) in [7, 11) is 2.45. The molecule has 0 bridgehead atoms. The van der Waals surface area contributed by atoms with Crippen molar-refractivity contribution in [2.45, 2.75) is 13.8 Å². The molecule has 27 heavy (non-hydrogen) atoms. The Hall–Kier alpha value is -2.87. The van der Waals surface area contributed by atoms with Crippen LogP contribution in [0.2, 0.25) is 0 Å². The lowest BCUT2D eigenvalue weighted by molar-refractivity contribution is -0.110. The number of H-pyrrole nitrogens is 1. The molecule has 140 valence electrons. The third kappa shape index (κ3) is 3.06. The number of benzene rings is 1. The molecule has 1 aromatic heterocycles. The van der Waals surface area contributed by atoms with E-state index in [4.69, 9.17) is 9.47 Å².